The molecule has 40 heavy (non-hydrogen) atoms. The van der Waals surface area contributed by atoms with Crippen LogP contribution in [0.4, 0.5) is 0 Å². The molecule has 0 aliphatic rings. The number of phenolic OH excluding ortho intramolecular Hbond substituents is 2. The number of unbranched alkanes of at least 4 members (excludes halogenated alkanes) is 2. The average molecular weight is 567 g/mol. The van der Waals surface area contributed by atoms with E-state index in [0.29, 0.717) is 72.8 Å². The number of oxazole rings is 2. The molecule has 12 heteroatoms. The molecule has 0 saturated heterocycles. The third-order valence-corrected chi connectivity index (χ3v) is 5.51. The summed E-state index contributed by atoms with van der Waals surface area (Å²) in [4.78, 5) is 29.1. The molecule has 0 aliphatic heterocycles. The second-order valence-electron chi connectivity index (χ2n) is 8.45. The van der Waals surface area contributed by atoms with Gasteiger partial charge in [0.05, 0.1) is 0 Å². The van der Waals surface area contributed by atoms with E-state index in [4.69, 9.17) is 8.83 Å². The zero-order chi connectivity index (χ0) is 27.3. The summed E-state index contributed by atoms with van der Waals surface area (Å²) in [5.41, 5.74) is 2.39. The van der Waals surface area contributed by atoms with Gasteiger partial charge in [0, 0.05) is 35.9 Å². The number of rotatable bonds is 12. The summed E-state index contributed by atoms with van der Waals surface area (Å²) in [5.74, 6) is -0.698. The molecule has 0 fully saturated rings. The molecule has 0 atom stereocenters. The summed E-state index contributed by atoms with van der Waals surface area (Å²) >= 11 is 0. The molecule has 200 valence electrons. The number of benzene rings is 2. The normalized spacial score (nSPS) is 10.0. The summed E-state index contributed by atoms with van der Waals surface area (Å²) in [7, 11) is 0. The van der Waals surface area contributed by atoms with Crippen LogP contribution >= 0.6 is 0 Å². The number of carboxylic acids is 2. The first-order valence-electron chi connectivity index (χ1n) is 12.2. The van der Waals surface area contributed by atoms with E-state index in [1.165, 1.54) is 12.5 Å². The number of para-hydroxylation sites is 2. The van der Waals surface area contributed by atoms with Crippen molar-refractivity contribution in [3.63, 3.8) is 0 Å². The number of nitrogens with zero attached hydrogens (tertiary/aromatic N) is 2. The summed E-state index contributed by atoms with van der Waals surface area (Å²) < 4.78 is 10.6. The number of hydrogen-bond acceptors (Lipinski definition) is 10. The molecular weight excluding hydrogens is 538 g/mol. The van der Waals surface area contributed by atoms with Crippen molar-refractivity contribution < 1.29 is 98.0 Å². The summed E-state index contributed by atoms with van der Waals surface area (Å²) in [5, 5.41) is 39.9. The largest absolute Gasteiger partial charge is 1.00 e. The van der Waals surface area contributed by atoms with Crippen LogP contribution in [0.25, 0.3) is 22.5 Å². The van der Waals surface area contributed by atoms with Gasteiger partial charge in [-0.1, -0.05) is 24.3 Å². The monoisotopic (exact) mass is 566 g/mol. The molecular formula is C28H28N2Na2O8. The standard InChI is InChI=1S/2C14H15NO4.2Na/c2*16-12-6-2-1-5-10(12)11-9-19-13(15-11)7-3-4-8-14(17)18;;/h2*1-2,5-6,9,16H,3-4,7-8H2,(H,17,18);;/q;;2*+1/p-2. The molecule has 0 bridgehead atoms. The first-order chi connectivity index (χ1) is 18.3. The fourth-order valence-corrected chi connectivity index (χ4v) is 3.57. The van der Waals surface area contributed by atoms with Gasteiger partial charge >= 0.3 is 59.1 Å². The van der Waals surface area contributed by atoms with Gasteiger partial charge in [0.25, 0.3) is 0 Å². The van der Waals surface area contributed by atoms with Crippen LogP contribution in [0, 0.1) is 0 Å². The molecule has 2 aromatic carbocycles. The SMILES string of the molecule is O=C([O-])CCCCc1nc(-c2ccccc2O)co1.O=C([O-])CCCCc1nc(-c2ccccc2O)co1.[Na+].[Na+]. The van der Waals surface area contributed by atoms with Gasteiger partial charge in [-0.15, -0.1) is 0 Å². The number of hydrogen-bond donors (Lipinski definition) is 2. The van der Waals surface area contributed by atoms with Crippen LogP contribution in [0.5, 0.6) is 11.5 Å². The Hall–Kier alpha value is -2.60. The summed E-state index contributed by atoms with van der Waals surface area (Å²) in [6.07, 6.45) is 6.64. The molecule has 0 spiro atoms. The predicted molar refractivity (Wildman–Crippen MR) is 132 cm³/mol. The second-order valence-corrected chi connectivity index (χ2v) is 8.45. The third-order valence-electron chi connectivity index (χ3n) is 5.51. The van der Waals surface area contributed by atoms with Gasteiger partial charge in [-0.05, 0) is 62.8 Å². The Morgan fingerprint density at radius 3 is 1.38 bits per heavy atom. The number of aliphatic carboxylic acids is 2. The first-order valence-corrected chi connectivity index (χ1v) is 12.2. The maximum Gasteiger partial charge on any atom is 1.00 e. The van der Waals surface area contributed by atoms with Crippen LogP contribution in [0.15, 0.2) is 69.9 Å². The Balaban J connectivity index is 0.000000381. The van der Waals surface area contributed by atoms with Gasteiger partial charge in [0.15, 0.2) is 11.8 Å². The maximum absolute atomic E-state index is 10.3. The zero-order valence-electron chi connectivity index (χ0n) is 22.7. The van der Waals surface area contributed by atoms with E-state index in [-0.39, 0.29) is 83.5 Å². The number of carbonyl (C=O) groups is 2. The molecule has 0 aliphatic carbocycles. The van der Waals surface area contributed by atoms with E-state index in [0.717, 1.165) is 0 Å². The topological polar surface area (TPSA) is 173 Å². The van der Waals surface area contributed by atoms with Gasteiger partial charge in [0.1, 0.15) is 35.4 Å². The smallest absolute Gasteiger partial charge is 0.550 e. The third kappa shape index (κ3) is 11.9. The number of aryl methyl sites for hydroxylation is 2. The Kier molecular flexibility index (Phi) is 16.6. The van der Waals surface area contributed by atoms with Crippen molar-refractivity contribution in [1.29, 1.82) is 0 Å². The Bertz CT molecular complexity index is 1240. The number of phenols is 2. The second kappa shape index (κ2) is 18.7. The van der Waals surface area contributed by atoms with Crippen molar-refractivity contribution in [2.75, 3.05) is 0 Å². The van der Waals surface area contributed by atoms with E-state index in [1.807, 2.05) is 12.1 Å². The van der Waals surface area contributed by atoms with Crippen LogP contribution in [0.2, 0.25) is 0 Å². The molecule has 0 amide bonds. The van der Waals surface area contributed by atoms with Crippen LogP contribution < -0.4 is 69.3 Å². The number of aromatic hydroxyl groups is 2. The summed E-state index contributed by atoms with van der Waals surface area (Å²) in [6.45, 7) is 0. The van der Waals surface area contributed by atoms with Gasteiger partial charge in [-0.25, -0.2) is 9.97 Å². The van der Waals surface area contributed by atoms with E-state index in [2.05, 4.69) is 9.97 Å². The van der Waals surface area contributed by atoms with Crippen molar-refractivity contribution in [2.24, 2.45) is 0 Å². The van der Waals surface area contributed by atoms with Crippen molar-refractivity contribution in [1.82, 2.24) is 9.97 Å². The van der Waals surface area contributed by atoms with Gasteiger partial charge in [-0.3, -0.25) is 0 Å². The van der Waals surface area contributed by atoms with Crippen LogP contribution in [-0.2, 0) is 22.4 Å². The molecule has 4 rings (SSSR count). The van der Waals surface area contributed by atoms with Crippen LogP contribution in [0.1, 0.15) is 50.3 Å². The number of aromatic nitrogens is 2. The minimum Gasteiger partial charge on any atom is -0.550 e. The minimum atomic E-state index is -1.04. The van der Waals surface area contributed by atoms with Crippen LogP contribution in [0.3, 0.4) is 0 Å². The molecule has 0 radical (unpaired) electrons. The fraction of sp³-hybridized carbons (Fsp3) is 0.286. The molecule has 10 nitrogen and oxygen atoms in total. The van der Waals surface area contributed by atoms with Crippen molar-refractivity contribution in [2.45, 2.75) is 51.4 Å². The molecule has 0 saturated carbocycles. The Labute approximate surface area is 276 Å². The number of carboxylic acid groups (broad SMARTS) is 2. The van der Waals surface area contributed by atoms with E-state index in [1.54, 1.807) is 36.4 Å². The Morgan fingerprint density at radius 1 is 0.650 bits per heavy atom. The molecule has 0 unspecified atom stereocenters. The van der Waals surface area contributed by atoms with Gasteiger partial charge < -0.3 is 38.8 Å². The summed E-state index contributed by atoms with van der Waals surface area (Å²) in [6, 6.07) is 13.8. The van der Waals surface area contributed by atoms with Gasteiger partial charge in [-0.2, -0.15) is 0 Å². The minimum absolute atomic E-state index is 0. The van der Waals surface area contributed by atoms with Crippen molar-refractivity contribution in [3.8, 4) is 34.0 Å². The fourth-order valence-electron chi connectivity index (χ4n) is 3.57. The van der Waals surface area contributed by atoms with Gasteiger partial charge in [0.2, 0.25) is 0 Å². The molecule has 2 aromatic heterocycles. The molecule has 4 aromatic rings. The van der Waals surface area contributed by atoms with Crippen molar-refractivity contribution in [3.05, 3.63) is 72.8 Å². The van der Waals surface area contributed by atoms with Crippen LogP contribution in [-0.4, -0.2) is 32.1 Å². The van der Waals surface area contributed by atoms with E-state index in [9.17, 15) is 30.0 Å². The average Bonchev–Trinajstić information content (AvgIpc) is 3.55. The van der Waals surface area contributed by atoms with Crippen molar-refractivity contribution >= 4 is 11.9 Å². The zero-order valence-corrected chi connectivity index (χ0v) is 26.7. The number of carbonyl (C=O) groups excluding carboxylic acids is 2. The molecule has 2 heterocycles. The van der Waals surface area contributed by atoms with E-state index >= 15 is 0 Å². The predicted octanol–water partition coefficient (Wildman–Crippen LogP) is -2.97. The molecule has 2 N–H and O–H groups in total. The quantitative estimate of drug-likeness (QED) is 0.133. The first kappa shape index (κ1) is 35.4. The van der Waals surface area contributed by atoms with E-state index < -0.39 is 11.9 Å². The maximum atomic E-state index is 10.3. The Morgan fingerprint density at radius 2 is 1.02 bits per heavy atom.